The van der Waals surface area contributed by atoms with Crippen molar-refractivity contribution in [1.29, 1.82) is 0 Å². The SMILES string of the molecule is O=C(CSc1nncn1C1CC1)Nc1nc(-c2ccc(F)c(F)c2)cs1. The van der Waals surface area contributed by atoms with Crippen LogP contribution >= 0.6 is 23.1 Å². The maximum absolute atomic E-state index is 13.3. The van der Waals surface area contributed by atoms with Crippen molar-refractivity contribution < 1.29 is 13.6 Å². The van der Waals surface area contributed by atoms with Gasteiger partial charge in [-0.3, -0.25) is 4.79 Å². The highest BCUT2D eigenvalue weighted by molar-refractivity contribution is 7.99. The Morgan fingerprint density at radius 2 is 2.19 bits per heavy atom. The predicted molar refractivity (Wildman–Crippen MR) is 95.1 cm³/mol. The molecule has 134 valence electrons. The van der Waals surface area contributed by atoms with E-state index in [2.05, 4.69) is 20.5 Å². The maximum Gasteiger partial charge on any atom is 0.236 e. The molecule has 0 unspecified atom stereocenters. The van der Waals surface area contributed by atoms with Crippen LogP contribution in [0.1, 0.15) is 18.9 Å². The van der Waals surface area contributed by atoms with Gasteiger partial charge in [-0.25, -0.2) is 13.8 Å². The molecule has 0 radical (unpaired) electrons. The van der Waals surface area contributed by atoms with Crippen molar-refractivity contribution in [2.45, 2.75) is 24.0 Å². The Labute approximate surface area is 155 Å². The minimum Gasteiger partial charge on any atom is -0.306 e. The standard InChI is InChI=1S/C16H13F2N5OS2/c17-11-4-1-9(5-12(11)18)13-6-25-15(20-13)21-14(24)7-26-16-22-19-8-23(16)10-2-3-10/h1,4-6,8,10H,2-3,7H2,(H,20,21,24). The van der Waals surface area contributed by atoms with E-state index in [0.717, 1.165) is 30.1 Å². The number of nitrogens with zero attached hydrogens (tertiary/aromatic N) is 4. The molecular formula is C16H13F2N5OS2. The highest BCUT2D eigenvalue weighted by Crippen LogP contribution is 2.37. The Kier molecular flexibility index (Phi) is 4.68. The molecule has 1 amide bonds. The van der Waals surface area contributed by atoms with Gasteiger partial charge in [0.25, 0.3) is 0 Å². The van der Waals surface area contributed by atoms with Gasteiger partial charge < -0.3 is 9.88 Å². The Morgan fingerprint density at radius 1 is 1.35 bits per heavy atom. The summed E-state index contributed by atoms with van der Waals surface area (Å²) in [6.45, 7) is 0. The first-order chi connectivity index (χ1) is 12.6. The van der Waals surface area contributed by atoms with Gasteiger partial charge in [-0.2, -0.15) is 0 Å². The van der Waals surface area contributed by atoms with E-state index in [9.17, 15) is 13.6 Å². The molecule has 6 nitrogen and oxygen atoms in total. The molecule has 4 rings (SSSR count). The van der Waals surface area contributed by atoms with Crippen LogP contribution < -0.4 is 5.32 Å². The van der Waals surface area contributed by atoms with Crippen LogP contribution in [-0.4, -0.2) is 31.4 Å². The van der Waals surface area contributed by atoms with Crippen LogP contribution in [0.25, 0.3) is 11.3 Å². The van der Waals surface area contributed by atoms with E-state index >= 15 is 0 Å². The molecule has 3 aromatic rings. The molecule has 1 aromatic carbocycles. The van der Waals surface area contributed by atoms with Gasteiger partial charge in [0.05, 0.1) is 11.4 Å². The van der Waals surface area contributed by atoms with Crippen molar-refractivity contribution in [1.82, 2.24) is 19.7 Å². The average Bonchev–Trinajstić information content (AvgIpc) is 3.17. The topological polar surface area (TPSA) is 72.7 Å². The molecule has 1 fully saturated rings. The van der Waals surface area contributed by atoms with Crippen molar-refractivity contribution in [3.05, 3.63) is 41.5 Å². The third-order valence-electron chi connectivity index (χ3n) is 3.78. The Morgan fingerprint density at radius 3 is 2.96 bits per heavy atom. The summed E-state index contributed by atoms with van der Waals surface area (Å²) >= 11 is 2.54. The van der Waals surface area contributed by atoms with Crippen LogP contribution in [0.15, 0.2) is 35.1 Å². The summed E-state index contributed by atoms with van der Waals surface area (Å²) in [4.78, 5) is 16.4. The normalized spacial score (nSPS) is 13.8. The van der Waals surface area contributed by atoms with Crippen molar-refractivity contribution in [2.24, 2.45) is 0 Å². The first-order valence-electron chi connectivity index (χ1n) is 7.83. The fourth-order valence-corrected chi connectivity index (χ4v) is 3.86. The largest absolute Gasteiger partial charge is 0.306 e. The van der Waals surface area contributed by atoms with Crippen LogP contribution in [0.5, 0.6) is 0 Å². The smallest absolute Gasteiger partial charge is 0.236 e. The lowest BCUT2D eigenvalue weighted by Gasteiger charge is -2.04. The molecule has 0 atom stereocenters. The highest BCUT2D eigenvalue weighted by atomic mass is 32.2. The number of thiazole rings is 1. The van der Waals surface area contributed by atoms with E-state index in [-0.39, 0.29) is 11.7 Å². The average molecular weight is 393 g/mol. The fourth-order valence-electron chi connectivity index (χ4n) is 2.34. The van der Waals surface area contributed by atoms with E-state index in [1.54, 1.807) is 11.7 Å². The lowest BCUT2D eigenvalue weighted by molar-refractivity contribution is -0.113. The number of carbonyl (C=O) groups is 1. The summed E-state index contributed by atoms with van der Waals surface area (Å²) in [5, 5.41) is 13.4. The third-order valence-corrected chi connectivity index (χ3v) is 5.49. The molecule has 1 N–H and O–H groups in total. The molecule has 1 aliphatic carbocycles. The number of rotatable bonds is 6. The molecule has 1 aliphatic rings. The van der Waals surface area contributed by atoms with Gasteiger partial charge >= 0.3 is 0 Å². The van der Waals surface area contributed by atoms with Crippen LogP contribution in [0, 0.1) is 11.6 Å². The van der Waals surface area contributed by atoms with Crippen LogP contribution in [0.4, 0.5) is 13.9 Å². The number of hydrogen-bond donors (Lipinski definition) is 1. The number of nitrogens with one attached hydrogen (secondary N) is 1. The van der Waals surface area contributed by atoms with Crippen LogP contribution in [0.3, 0.4) is 0 Å². The molecule has 2 heterocycles. The summed E-state index contributed by atoms with van der Waals surface area (Å²) in [6, 6.07) is 4.03. The maximum atomic E-state index is 13.3. The van der Waals surface area contributed by atoms with E-state index < -0.39 is 11.6 Å². The molecule has 0 spiro atoms. The van der Waals surface area contributed by atoms with Gasteiger partial charge in [0.1, 0.15) is 6.33 Å². The number of halogens is 2. The quantitative estimate of drug-likeness (QED) is 0.646. The van der Waals surface area contributed by atoms with E-state index in [1.165, 1.54) is 29.2 Å². The highest BCUT2D eigenvalue weighted by Gasteiger charge is 2.26. The number of aromatic nitrogens is 4. The number of anilines is 1. The van der Waals surface area contributed by atoms with Crippen molar-refractivity contribution in [3.8, 4) is 11.3 Å². The van der Waals surface area contributed by atoms with Crippen LogP contribution in [0.2, 0.25) is 0 Å². The summed E-state index contributed by atoms with van der Waals surface area (Å²) in [6.07, 6.45) is 3.92. The first-order valence-corrected chi connectivity index (χ1v) is 9.70. The summed E-state index contributed by atoms with van der Waals surface area (Å²) < 4.78 is 28.3. The van der Waals surface area contributed by atoms with Crippen molar-refractivity contribution >= 4 is 34.1 Å². The van der Waals surface area contributed by atoms with Gasteiger partial charge in [-0.05, 0) is 31.0 Å². The Bertz CT molecular complexity index is 954. The number of thioether (sulfide) groups is 1. The zero-order chi connectivity index (χ0) is 18.1. The Hall–Kier alpha value is -2.33. The summed E-state index contributed by atoms with van der Waals surface area (Å²) in [5.74, 6) is -1.87. The van der Waals surface area contributed by atoms with Crippen molar-refractivity contribution in [3.63, 3.8) is 0 Å². The number of carbonyl (C=O) groups excluding carboxylic acids is 1. The molecule has 10 heteroatoms. The third kappa shape index (κ3) is 3.75. The van der Waals surface area contributed by atoms with Gasteiger partial charge in [-0.1, -0.05) is 11.8 Å². The Balaban J connectivity index is 1.36. The number of amides is 1. The lowest BCUT2D eigenvalue weighted by Crippen LogP contribution is -2.14. The minimum atomic E-state index is -0.933. The van der Waals surface area contributed by atoms with Gasteiger partial charge in [0, 0.05) is 17.0 Å². The number of benzene rings is 1. The number of hydrogen-bond acceptors (Lipinski definition) is 6. The second-order valence-corrected chi connectivity index (χ2v) is 7.56. The fraction of sp³-hybridized carbons (Fsp3) is 0.250. The van der Waals surface area contributed by atoms with E-state index in [4.69, 9.17) is 0 Å². The second-order valence-electron chi connectivity index (χ2n) is 5.76. The zero-order valence-corrected chi connectivity index (χ0v) is 15.0. The second kappa shape index (κ2) is 7.12. The molecule has 2 aromatic heterocycles. The van der Waals surface area contributed by atoms with Gasteiger partial charge in [0.2, 0.25) is 5.91 Å². The van der Waals surface area contributed by atoms with Gasteiger partial charge in [0.15, 0.2) is 21.9 Å². The molecule has 26 heavy (non-hydrogen) atoms. The summed E-state index contributed by atoms with van der Waals surface area (Å²) in [7, 11) is 0. The molecule has 0 saturated heterocycles. The molecule has 1 saturated carbocycles. The van der Waals surface area contributed by atoms with Crippen molar-refractivity contribution in [2.75, 3.05) is 11.1 Å². The molecule has 0 aliphatic heterocycles. The van der Waals surface area contributed by atoms with Crippen LogP contribution in [-0.2, 0) is 4.79 Å². The molecular weight excluding hydrogens is 380 g/mol. The zero-order valence-electron chi connectivity index (χ0n) is 13.4. The monoisotopic (exact) mass is 393 g/mol. The first kappa shape index (κ1) is 17.1. The van der Waals surface area contributed by atoms with Gasteiger partial charge in [-0.15, -0.1) is 21.5 Å². The predicted octanol–water partition coefficient (Wildman–Crippen LogP) is 3.75. The van der Waals surface area contributed by atoms with E-state index in [1.807, 2.05) is 4.57 Å². The lowest BCUT2D eigenvalue weighted by atomic mass is 10.2. The molecule has 0 bridgehead atoms. The van der Waals surface area contributed by atoms with E-state index in [0.29, 0.717) is 22.4 Å². The minimum absolute atomic E-state index is 0.186. The summed E-state index contributed by atoms with van der Waals surface area (Å²) in [5.41, 5.74) is 0.929.